The Morgan fingerprint density at radius 2 is 1.69 bits per heavy atom. The predicted molar refractivity (Wildman–Crippen MR) is 101 cm³/mol. The molecule has 7 nitrogen and oxygen atoms in total. The van der Waals surface area contributed by atoms with Gasteiger partial charge in [-0.1, -0.05) is 30.3 Å². The molecule has 0 aromatic heterocycles. The third-order valence-electron chi connectivity index (χ3n) is 3.67. The van der Waals surface area contributed by atoms with Crippen molar-refractivity contribution in [1.29, 1.82) is 0 Å². The number of benzene rings is 1. The summed E-state index contributed by atoms with van der Waals surface area (Å²) < 4.78 is 23.2. The smallest absolute Gasteiger partial charge is 0.360 e. The molecule has 26 heavy (non-hydrogen) atoms. The predicted octanol–water partition coefficient (Wildman–Crippen LogP) is 3.75. The number of rotatable bonds is 9. The van der Waals surface area contributed by atoms with Crippen LogP contribution in [0.2, 0.25) is 0 Å². The number of nitrogens with zero attached hydrogens (tertiary/aromatic N) is 3. The fourth-order valence-corrected chi connectivity index (χ4v) is 3.93. The van der Waals surface area contributed by atoms with Gasteiger partial charge < -0.3 is 19.5 Å². The topological polar surface area (TPSA) is 92.2 Å². The normalized spacial score (nSPS) is 11.7. The zero-order valence-corrected chi connectivity index (χ0v) is 17.0. The van der Waals surface area contributed by atoms with Gasteiger partial charge in [0.1, 0.15) is 0 Å². The average Bonchev–Trinajstić information content (AvgIpc) is 2.55. The van der Waals surface area contributed by atoms with E-state index in [-0.39, 0.29) is 13.2 Å². The summed E-state index contributed by atoms with van der Waals surface area (Å²) in [5, 5.41) is 0. The summed E-state index contributed by atoms with van der Waals surface area (Å²) >= 11 is 0. The van der Waals surface area contributed by atoms with Crippen LogP contribution in [0.25, 0.3) is 5.53 Å². The van der Waals surface area contributed by atoms with Crippen molar-refractivity contribution in [2.45, 2.75) is 46.6 Å². The zero-order chi connectivity index (χ0) is 19.8. The summed E-state index contributed by atoms with van der Waals surface area (Å²) in [7, 11) is -4.00. The first kappa shape index (κ1) is 22.3. The number of amides is 1. The van der Waals surface area contributed by atoms with Crippen molar-refractivity contribution in [2.75, 3.05) is 19.8 Å². The Kier molecular flexibility index (Phi) is 8.38. The van der Waals surface area contributed by atoms with Gasteiger partial charge in [0.2, 0.25) is 0 Å². The lowest BCUT2D eigenvalue weighted by Gasteiger charge is -2.34. The van der Waals surface area contributed by atoms with Gasteiger partial charge in [-0.3, -0.25) is 4.79 Å². The molecule has 1 aromatic rings. The van der Waals surface area contributed by atoms with Crippen LogP contribution in [0.15, 0.2) is 30.3 Å². The molecule has 1 rings (SSSR count). The summed E-state index contributed by atoms with van der Waals surface area (Å²) in [5.41, 5.74) is 9.29. The maximum Gasteiger partial charge on any atom is 0.465 e. The summed E-state index contributed by atoms with van der Waals surface area (Å²) in [6.07, 6.45) is 0.607. The van der Waals surface area contributed by atoms with Gasteiger partial charge in [0.05, 0.1) is 13.2 Å². The molecule has 0 atom stereocenters. The van der Waals surface area contributed by atoms with E-state index in [1.165, 1.54) is 4.90 Å². The Morgan fingerprint density at radius 1 is 1.15 bits per heavy atom. The molecular formula is C18H28N3O4P. The SMILES string of the molecule is CCOP(=O)(OCC)C(=[N+]=[N-])C(=O)N(CCc1ccccc1)C(C)(C)C. The highest BCUT2D eigenvalue weighted by Gasteiger charge is 2.49. The maximum atomic E-state index is 13.0. The highest BCUT2D eigenvalue weighted by atomic mass is 31.2. The molecule has 0 saturated heterocycles. The Labute approximate surface area is 155 Å². The van der Waals surface area contributed by atoms with Gasteiger partial charge >= 0.3 is 19.0 Å². The summed E-state index contributed by atoms with van der Waals surface area (Å²) in [4.78, 5) is 17.6. The molecule has 0 aliphatic rings. The van der Waals surface area contributed by atoms with Crippen LogP contribution in [0.3, 0.4) is 0 Å². The van der Waals surface area contributed by atoms with E-state index in [4.69, 9.17) is 9.05 Å². The van der Waals surface area contributed by atoms with Crippen LogP contribution in [0.1, 0.15) is 40.2 Å². The second kappa shape index (κ2) is 9.79. The molecule has 0 bridgehead atoms. The average molecular weight is 381 g/mol. The van der Waals surface area contributed by atoms with Gasteiger partial charge in [0.15, 0.2) is 0 Å². The van der Waals surface area contributed by atoms with Crippen LogP contribution >= 0.6 is 7.60 Å². The van der Waals surface area contributed by atoms with Gasteiger partial charge in [-0.25, -0.2) is 4.57 Å². The maximum absolute atomic E-state index is 13.0. The molecule has 0 unspecified atom stereocenters. The van der Waals surface area contributed by atoms with Crippen LogP contribution in [-0.4, -0.2) is 46.3 Å². The van der Waals surface area contributed by atoms with Crippen LogP contribution in [0.4, 0.5) is 0 Å². The van der Waals surface area contributed by atoms with Gasteiger partial charge in [0, 0.05) is 12.1 Å². The van der Waals surface area contributed by atoms with E-state index in [2.05, 4.69) is 4.79 Å². The van der Waals surface area contributed by atoms with E-state index < -0.39 is 24.5 Å². The van der Waals surface area contributed by atoms with Crippen molar-refractivity contribution < 1.29 is 23.2 Å². The Bertz CT molecular complexity index is 684. The minimum Gasteiger partial charge on any atom is -0.360 e. The Balaban J connectivity index is 3.13. The van der Waals surface area contributed by atoms with Gasteiger partial charge in [0.25, 0.3) is 0 Å². The molecular weight excluding hydrogens is 353 g/mol. The van der Waals surface area contributed by atoms with Crippen molar-refractivity contribution in [3.8, 4) is 0 Å². The van der Waals surface area contributed by atoms with Crippen molar-refractivity contribution in [3.63, 3.8) is 0 Å². The highest BCUT2D eigenvalue weighted by Crippen LogP contribution is 2.49. The minimum atomic E-state index is -4.00. The fraction of sp³-hybridized carbons (Fsp3) is 0.556. The van der Waals surface area contributed by atoms with E-state index in [9.17, 15) is 14.9 Å². The molecule has 0 aliphatic heterocycles. The third-order valence-corrected chi connectivity index (χ3v) is 5.66. The molecule has 0 spiro atoms. The molecule has 0 fully saturated rings. The number of hydrogen-bond acceptors (Lipinski definition) is 4. The summed E-state index contributed by atoms with van der Waals surface area (Å²) in [6, 6.07) is 9.72. The van der Waals surface area contributed by atoms with Crippen LogP contribution in [0.5, 0.6) is 0 Å². The van der Waals surface area contributed by atoms with Crippen molar-refractivity contribution in [3.05, 3.63) is 41.4 Å². The largest absolute Gasteiger partial charge is 0.465 e. The first-order valence-corrected chi connectivity index (χ1v) is 10.2. The van der Waals surface area contributed by atoms with E-state index in [0.717, 1.165) is 5.56 Å². The molecule has 1 amide bonds. The van der Waals surface area contributed by atoms with Gasteiger partial charge in [-0.15, -0.1) is 0 Å². The lowest BCUT2D eigenvalue weighted by Crippen LogP contribution is -2.49. The molecule has 0 aliphatic carbocycles. The van der Waals surface area contributed by atoms with E-state index in [1.54, 1.807) is 13.8 Å². The van der Waals surface area contributed by atoms with Crippen LogP contribution < -0.4 is 0 Å². The zero-order valence-electron chi connectivity index (χ0n) is 16.1. The molecule has 0 saturated carbocycles. The van der Waals surface area contributed by atoms with Gasteiger partial charge in [-0.2, -0.15) is 4.79 Å². The molecule has 0 N–H and O–H groups in total. The lowest BCUT2D eigenvalue weighted by atomic mass is 10.0. The number of carbonyl (C=O) groups excluding carboxylic acids is 1. The second-order valence-electron chi connectivity index (χ2n) is 6.62. The fourth-order valence-electron chi connectivity index (χ4n) is 2.46. The lowest BCUT2D eigenvalue weighted by molar-refractivity contribution is -0.132. The van der Waals surface area contributed by atoms with E-state index >= 15 is 0 Å². The molecule has 0 radical (unpaired) electrons. The Hall–Kier alpha value is -1.78. The quantitative estimate of drug-likeness (QED) is 0.282. The highest BCUT2D eigenvalue weighted by molar-refractivity contribution is 7.74. The van der Waals surface area contributed by atoms with E-state index in [1.807, 2.05) is 51.1 Å². The van der Waals surface area contributed by atoms with Crippen molar-refractivity contribution in [1.82, 2.24) is 4.90 Å². The van der Waals surface area contributed by atoms with E-state index in [0.29, 0.717) is 13.0 Å². The number of carbonyl (C=O) groups is 1. The van der Waals surface area contributed by atoms with Crippen LogP contribution in [-0.2, 0) is 24.8 Å². The monoisotopic (exact) mass is 381 g/mol. The minimum absolute atomic E-state index is 0.0586. The molecule has 144 valence electrons. The van der Waals surface area contributed by atoms with Crippen molar-refractivity contribution >= 4 is 19.0 Å². The van der Waals surface area contributed by atoms with Crippen molar-refractivity contribution in [2.24, 2.45) is 0 Å². The van der Waals surface area contributed by atoms with Crippen LogP contribution in [0, 0.1) is 0 Å². The summed E-state index contributed by atoms with van der Waals surface area (Å²) in [6.45, 7) is 9.31. The molecule has 0 heterocycles. The van der Waals surface area contributed by atoms with Gasteiger partial charge in [-0.05, 0) is 46.6 Å². The summed E-state index contributed by atoms with van der Waals surface area (Å²) in [5.74, 6) is -0.666. The first-order valence-electron chi connectivity index (χ1n) is 8.67. The molecule has 8 heteroatoms. The first-order chi connectivity index (χ1) is 12.2. The number of hydrogen-bond donors (Lipinski definition) is 0. The third kappa shape index (κ3) is 5.89. The Morgan fingerprint density at radius 3 is 2.12 bits per heavy atom. The standard InChI is InChI=1S/C18H28N3O4P/c1-6-24-26(23,25-7-2)16(20-19)17(22)21(18(3,4)5)14-13-15-11-9-8-10-12-15/h8-12H,6-7,13-14H2,1-5H3. The molecule has 1 aromatic carbocycles. The second-order valence-corrected chi connectivity index (χ2v) is 8.55.